The number of aromatic carboxylic acids is 1. The van der Waals surface area contributed by atoms with Gasteiger partial charge in [-0.2, -0.15) is 0 Å². The van der Waals surface area contributed by atoms with E-state index in [-0.39, 0.29) is 22.6 Å². The van der Waals surface area contributed by atoms with E-state index in [9.17, 15) is 4.79 Å². The van der Waals surface area contributed by atoms with Crippen molar-refractivity contribution in [2.24, 2.45) is 5.92 Å². The van der Waals surface area contributed by atoms with Crippen LogP contribution in [0.25, 0.3) is 0 Å². The smallest absolute Gasteiger partial charge is 0.337 e. The highest BCUT2D eigenvalue weighted by Crippen LogP contribution is 2.27. The average Bonchev–Trinajstić information content (AvgIpc) is 2.20. The standard InChI is InChI=1S/C11H14ClNO3/c1-6(2)7(3)16-10-9(12)8(11(14)15)4-5-13-10/h4-7H,1-3H3,(H,14,15). The predicted octanol–water partition coefficient (Wildman–Crippen LogP) is 2.86. The summed E-state index contributed by atoms with van der Waals surface area (Å²) in [6.07, 6.45) is 1.30. The Labute approximate surface area is 99.2 Å². The molecular weight excluding hydrogens is 230 g/mol. The molecule has 5 heteroatoms. The summed E-state index contributed by atoms with van der Waals surface area (Å²) in [7, 11) is 0. The molecule has 4 nitrogen and oxygen atoms in total. The molecule has 0 saturated heterocycles. The van der Waals surface area contributed by atoms with Crippen molar-refractivity contribution in [3.8, 4) is 5.88 Å². The van der Waals surface area contributed by atoms with Crippen LogP contribution in [0, 0.1) is 5.92 Å². The van der Waals surface area contributed by atoms with Gasteiger partial charge < -0.3 is 9.84 Å². The minimum atomic E-state index is -1.09. The first kappa shape index (κ1) is 12.8. The van der Waals surface area contributed by atoms with E-state index >= 15 is 0 Å². The number of nitrogens with zero attached hydrogens (tertiary/aromatic N) is 1. The first-order chi connectivity index (χ1) is 7.43. The summed E-state index contributed by atoms with van der Waals surface area (Å²) >= 11 is 5.88. The van der Waals surface area contributed by atoms with Crippen molar-refractivity contribution in [3.05, 3.63) is 22.8 Å². The molecule has 0 aliphatic carbocycles. The van der Waals surface area contributed by atoms with Crippen molar-refractivity contribution >= 4 is 17.6 Å². The fourth-order valence-corrected chi connectivity index (χ4v) is 1.22. The molecule has 0 saturated carbocycles. The molecule has 1 atom stereocenters. The highest BCUT2D eigenvalue weighted by atomic mass is 35.5. The molecule has 1 rings (SSSR count). The molecule has 1 heterocycles. The van der Waals surface area contributed by atoms with Crippen molar-refractivity contribution in [3.63, 3.8) is 0 Å². The van der Waals surface area contributed by atoms with Crippen LogP contribution < -0.4 is 4.74 Å². The topological polar surface area (TPSA) is 59.4 Å². The zero-order chi connectivity index (χ0) is 12.3. The molecule has 0 aliphatic heterocycles. The summed E-state index contributed by atoms with van der Waals surface area (Å²) in [6.45, 7) is 5.88. The molecule has 0 aromatic carbocycles. The van der Waals surface area contributed by atoms with Gasteiger partial charge in [0.1, 0.15) is 5.02 Å². The predicted molar refractivity (Wildman–Crippen MR) is 61.1 cm³/mol. The van der Waals surface area contributed by atoms with Gasteiger partial charge in [0.05, 0.1) is 11.7 Å². The highest BCUT2D eigenvalue weighted by molar-refractivity contribution is 6.34. The lowest BCUT2D eigenvalue weighted by Crippen LogP contribution is -2.19. The Kier molecular flexibility index (Phi) is 4.12. The van der Waals surface area contributed by atoms with Gasteiger partial charge in [-0.3, -0.25) is 0 Å². The Balaban J connectivity index is 2.98. The summed E-state index contributed by atoms with van der Waals surface area (Å²) in [5, 5.41) is 8.91. The van der Waals surface area contributed by atoms with Gasteiger partial charge in [-0.05, 0) is 18.9 Å². The monoisotopic (exact) mass is 243 g/mol. The van der Waals surface area contributed by atoms with E-state index in [2.05, 4.69) is 4.98 Å². The second kappa shape index (κ2) is 5.16. The second-order valence-corrected chi connectivity index (χ2v) is 4.23. The molecule has 0 bridgehead atoms. The van der Waals surface area contributed by atoms with E-state index < -0.39 is 5.97 Å². The van der Waals surface area contributed by atoms with Crippen LogP contribution in [0.2, 0.25) is 5.02 Å². The number of ether oxygens (including phenoxy) is 1. The van der Waals surface area contributed by atoms with E-state index in [1.54, 1.807) is 0 Å². The van der Waals surface area contributed by atoms with Crippen LogP contribution in [-0.4, -0.2) is 22.2 Å². The second-order valence-electron chi connectivity index (χ2n) is 3.85. The number of carbonyl (C=O) groups is 1. The van der Waals surface area contributed by atoms with Crippen LogP contribution >= 0.6 is 11.6 Å². The average molecular weight is 244 g/mol. The number of rotatable bonds is 4. The Bertz CT molecular complexity index is 393. The summed E-state index contributed by atoms with van der Waals surface area (Å²) in [6, 6.07) is 1.34. The minimum Gasteiger partial charge on any atom is -0.478 e. The third-order valence-electron chi connectivity index (χ3n) is 2.32. The Morgan fingerprint density at radius 1 is 1.50 bits per heavy atom. The van der Waals surface area contributed by atoms with E-state index in [4.69, 9.17) is 21.4 Å². The van der Waals surface area contributed by atoms with Crippen molar-refractivity contribution < 1.29 is 14.6 Å². The number of hydrogen-bond donors (Lipinski definition) is 1. The lowest BCUT2D eigenvalue weighted by Gasteiger charge is -2.18. The summed E-state index contributed by atoms with van der Waals surface area (Å²) in [4.78, 5) is 14.8. The highest BCUT2D eigenvalue weighted by Gasteiger charge is 2.17. The zero-order valence-electron chi connectivity index (χ0n) is 9.40. The summed E-state index contributed by atoms with van der Waals surface area (Å²) in [5.41, 5.74) is 0.00243. The lowest BCUT2D eigenvalue weighted by molar-refractivity contribution is 0.0695. The minimum absolute atomic E-state index is 0.00243. The summed E-state index contributed by atoms with van der Waals surface area (Å²) in [5.74, 6) is -0.622. The van der Waals surface area contributed by atoms with Gasteiger partial charge in [-0.25, -0.2) is 9.78 Å². The Morgan fingerprint density at radius 2 is 2.12 bits per heavy atom. The molecule has 1 aromatic heterocycles. The molecule has 0 amide bonds. The van der Waals surface area contributed by atoms with Crippen LogP contribution in [0.3, 0.4) is 0 Å². The molecule has 1 unspecified atom stereocenters. The van der Waals surface area contributed by atoms with Gasteiger partial charge in [-0.1, -0.05) is 25.4 Å². The van der Waals surface area contributed by atoms with Crippen LogP contribution in [-0.2, 0) is 0 Å². The first-order valence-corrected chi connectivity index (χ1v) is 5.35. The molecule has 0 radical (unpaired) electrons. The van der Waals surface area contributed by atoms with Crippen LogP contribution in [0.15, 0.2) is 12.3 Å². The van der Waals surface area contributed by atoms with Gasteiger partial charge in [-0.15, -0.1) is 0 Å². The lowest BCUT2D eigenvalue weighted by atomic mass is 10.1. The van der Waals surface area contributed by atoms with Gasteiger partial charge in [0.2, 0.25) is 5.88 Å². The van der Waals surface area contributed by atoms with Gasteiger partial charge in [0.25, 0.3) is 0 Å². The van der Waals surface area contributed by atoms with E-state index in [0.717, 1.165) is 0 Å². The quantitative estimate of drug-likeness (QED) is 0.883. The molecule has 88 valence electrons. The largest absolute Gasteiger partial charge is 0.478 e. The van der Waals surface area contributed by atoms with Crippen molar-refractivity contribution in [2.45, 2.75) is 26.9 Å². The normalized spacial score (nSPS) is 12.6. The number of halogens is 1. The molecule has 1 N–H and O–H groups in total. The van der Waals surface area contributed by atoms with Gasteiger partial charge in [0, 0.05) is 6.20 Å². The van der Waals surface area contributed by atoms with Crippen molar-refractivity contribution in [1.29, 1.82) is 0 Å². The van der Waals surface area contributed by atoms with E-state index in [1.165, 1.54) is 12.3 Å². The number of carboxylic acids is 1. The molecule has 0 spiro atoms. The maximum absolute atomic E-state index is 10.8. The van der Waals surface area contributed by atoms with Gasteiger partial charge in [0.15, 0.2) is 0 Å². The maximum Gasteiger partial charge on any atom is 0.337 e. The van der Waals surface area contributed by atoms with E-state index in [1.807, 2.05) is 20.8 Å². The van der Waals surface area contributed by atoms with Crippen molar-refractivity contribution in [1.82, 2.24) is 4.98 Å². The number of carboxylic acid groups (broad SMARTS) is 1. The van der Waals surface area contributed by atoms with Crippen molar-refractivity contribution in [2.75, 3.05) is 0 Å². The zero-order valence-corrected chi connectivity index (χ0v) is 10.2. The third kappa shape index (κ3) is 2.85. The molecule has 1 aromatic rings. The Morgan fingerprint density at radius 3 is 2.62 bits per heavy atom. The van der Waals surface area contributed by atoms with Gasteiger partial charge >= 0.3 is 5.97 Å². The SMILES string of the molecule is CC(C)C(C)Oc1nccc(C(=O)O)c1Cl. The molecular formula is C11H14ClNO3. The van der Waals surface area contributed by atoms with Crippen LogP contribution in [0.4, 0.5) is 0 Å². The van der Waals surface area contributed by atoms with E-state index in [0.29, 0.717) is 5.92 Å². The fourth-order valence-electron chi connectivity index (χ4n) is 0.984. The third-order valence-corrected chi connectivity index (χ3v) is 2.69. The number of hydrogen-bond acceptors (Lipinski definition) is 3. The maximum atomic E-state index is 10.8. The Hall–Kier alpha value is -1.29. The summed E-state index contributed by atoms with van der Waals surface area (Å²) < 4.78 is 5.49. The molecule has 16 heavy (non-hydrogen) atoms. The first-order valence-electron chi connectivity index (χ1n) is 4.98. The number of pyridine rings is 1. The fraction of sp³-hybridized carbons (Fsp3) is 0.455. The molecule has 0 fully saturated rings. The number of aromatic nitrogens is 1. The van der Waals surface area contributed by atoms with Crippen LogP contribution in [0.5, 0.6) is 5.88 Å². The van der Waals surface area contributed by atoms with Crippen LogP contribution in [0.1, 0.15) is 31.1 Å². The molecule has 0 aliphatic rings.